The third kappa shape index (κ3) is 3.21. The maximum absolute atomic E-state index is 12.5. The number of aromatic hydroxyl groups is 1. The second kappa shape index (κ2) is 7.29. The van der Waals surface area contributed by atoms with Gasteiger partial charge in [0.05, 0.1) is 5.60 Å². The van der Waals surface area contributed by atoms with Gasteiger partial charge in [-0.3, -0.25) is 14.8 Å². The van der Waals surface area contributed by atoms with Crippen LogP contribution in [0.5, 0.6) is 5.75 Å². The molecule has 164 valence electrons. The highest BCUT2D eigenvalue weighted by atomic mass is 16.3. The van der Waals surface area contributed by atoms with Crippen molar-refractivity contribution in [3.63, 3.8) is 0 Å². The zero-order valence-electron chi connectivity index (χ0n) is 18.2. The second-order valence-corrected chi connectivity index (χ2v) is 10.4. The van der Waals surface area contributed by atoms with Crippen LogP contribution in [0.15, 0.2) is 42.7 Å². The van der Waals surface area contributed by atoms with Gasteiger partial charge in [-0.25, -0.2) is 0 Å². The number of likely N-dealkylation sites (tertiary alicyclic amines) is 2. The first-order valence-electron chi connectivity index (χ1n) is 12.0. The predicted molar refractivity (Wildman–Crippen MR) is 120 cm³/mol. The van der Waals surface area contributed by atoms with E-state index < -0.39 is 5.60 Å². The summed E-state index contributed by atoms with van der Waals surface area (Å²) in [5.74, 6) is 1.15. The molecule has 0 spiro atoms. The van der Waals surface area contributed by atoms with Crippen molar-refractivity contribution in [3.8, 4) is 5.75 Å². The smallest absolute Gasteiger partial charge is 0.115 e. The first kappa shape index (κ1) is 19.7. The minimum Gasteiger partial charge on any atom is -0.508 e. The number of nitrogens with zero attached hydrogens (tertiary/aromatic N) is 3. The number of benzene rings is 1. The maximum Gasteiger partial charge on any atom is 0.115 e. The quantitative estimate of drug-likeness (QED) is 0.798. The van der Waals surface area contributed by atoms with Crippen molar-refractivity contribution in [1.82, 2.24) is 14.8 Å². The summed E-state index contributed by atoms with van der Waals surface area (Å²) in [5.41, 5.74) is 2.81. The molecule has 2 aromatic rings. The van der Waals surface area contributed by atoms with Crippen molar-refractivity contribution < 1.29 is 10.2 Å². The minimum atomic E-state index is -0.742. The Kier molecular flexibility index (Phi) is 4.64. The zero-order valence-corrected chi connectivity index (χ0v) is 18.2. The summed E-state index contributed by atoms with van der Waals surface area (Å²) in [6.45, 7) is 4.97. The predicted octanol–water partition coefficient (Wildman–Crippen LogP) is 3.09. The molecule has 3 heterocycles. The number of aromatic nitrogens is 1. The summed E-state index contributed by atoms with van der Waals surface area (Å²) < 4.78 is 0. The normalized spacial score (nSPS) is 33.4. The number of fused-ring (bicyclic) bond motifs is 1. The Balaban J connectivity index is 1.37. The SMILES string of the molecule is Oc1ccc2c(c1)[C@@]13CCN(Cc4ccncc4)CC[C@@]1(O)[C@@H](C2)N(CC1CC1)CC3. The van der Waals surface area contributed by atoms with Crippen LogP contribution in [0, 0.1) is 5.92 Å². The highest BCUT2D eigenvalue weighted by Gasteiger charge is 2.63. The van der Waals surface area contributed by atoms with Crippen LogP contribution in [0.25, 0.3) is 0 Å². The van der Waals surface area contributed by atoms with Crippen LogP contribution in [-0.4, -0.2) is 62.8 Å². The molecule has 1 aromatic heterocycles. The van der Waals surface area contributed by atoms with Gasteiger partial charge in [0, 0.05) is 43.5 Å². The van der Waals surface area contributed by atoms with Crippen LogP contribution in [0.2, 0.25) is 0 Å². The second-order valence-electron chi connectivity index (χ2n) is 10.4. The van der Waals surface area contributed by atoms with Gasteiger partial charge in [0.2, 0.25) is 0 Å². The molecule has 0 unspecified atom stereocenters. The van der Waals surface area contributed by atoms with Crippen molar-refractivity contribution in [3.05, 3.63) is 59.4 Å². The summed E-state index contributed by atoms with van der Waals surface area (Å²) in [6.07, 6.45) is 10.0. The summed E-state index contributed by atoms with van der Waals surface area (Å²) in [4.78, 5) is 9.27. The van der Waals surface area contributed by atoms with Gasteiger partial charge in [-0.2, -0.15) is 0 Å². The first-order chi connectivity index (χ1) is 15.1. The molecule has 5 nitrogen and oxygen atoms in total. The summed E-state index contributed by atoms with van der Waals surface area (Å²) >= 11 is 0. The maximum atomic E-state index is 12.5. The van der Waals surface area contributed by atoms with Gasteiger partial charge < -0.3 is 10.2 Å². The van der Waals surface area contributed by atoms with Crippen molar-refractivity contribution in [2.75, 3.05) is 26.2 Å². The highest BCUT2D eigenvalue weighted by Crippen LogP contribution is 2.56. The van der Waals surface area contributed by atoms with E-state index in [4.69, 9.17) is 0 Å². The molecule has 0 radical (unpaired) electrons. The fraction of sp³-hybridized carbons (Fsp3) is 0.577. The lowest BCUT2D eigenvalue weighted by Gasteiger charge is -2.61. The Labute approximate surface area is 184 Å². The van der Waals surface area contributed by atoms with Crippen molar-refractivity contribution >= 4 is 0 Å². The van der Waals surface area contributed by atoms with Gasteiger partial charge in [0.15, 0.2) is 0 Å². The topological polar surface area (TPSA) is 59.8 Å². The lowest BCUT2D eigenvalue weighted by atomic mass is 9.52. The van der Waals surface area contributed by atoms with E-state index in [0.717, 1.165) is 64.3 Å². The van der Waals surface area contributed by atoms with Gasteiger partial charge in [-0.05, 0) is 98.5 Å². The van der Waals surface area contributed by atoms with Gasteiger partial charge in [-0.15, -0.1) is 0 Å². The van der Waals surface area contributed by atoms with E-state index in [1.165, 1.54) is 29.5 Å². The Morgan fingerprint density at radius 1 is 1.00 bits per heavy atom. The number of piperidine rings is 1. The molecule has 0 amide bonds. The highest BCUT2D eigenvalue weighted by molar-refractivity contribution is 5.48. The van der Waals surface area contributed by atoms with Crippen molar-refractivity contribution in [1.29, 1.82) is 0 Å². The number of phenolic OH excluding ortho intramolecular Hbond substituents is 1. The summed E-state index contributed by atoms with van der Waals surface area (Å²) in [7, 11) is 0. The molecule has 2 N–H and O–H groups in total. The van der Waals surface area contributed by atoms with Gasteiger partial charge in [-0.1, -0.05) is 6.07 Å². The average molecular weight is 420 g/mol. The molecular weight excluding hydrogens is 386 g/mol. The molecule has 5 heteroatoms. The minimum absolute atomic E-state index is 0.180. The van der Waals surface area contributed by atoms with Crippen LogP contribution in [0.1, 0.15) is 48.8 Å². The Morgan fingerprint density at radius 2 is 1.77 bits per heavy atom. The molecule has 1 saturated carbocycles. The number of aliphatic hydroxyl groups is 1. The lowest BCUT2D eigenvalue weighted by molar-refractivity contribution is -0.149. The fourth-order valence-electron chi connectivity index (χ4n) is 6.82. The van der Waals surface area contributed by atoms with Crippen LogP contribution in [0.4, 0.5) is 0 Å². The molecule has 2 saturated heterocycles. The molecule has 4 aliphatic rings. The third-order valence-corrected chi connectivity index (χ3v) is 8.68. The molecule has 2 aliphatic heterocycles. The molecule has 3 fully saturated rings. The van der Waals surface area contributed by atoms with E-state index in [9.17, 15) is 10.2 Å². The van der Waals surface area contributed by atoms with Gasteiger partial charge in [0.25, 0.3) is 0 Å². The van der Waals surface area contributed by atoms with E-state index in [-0.39, 0.29) is 11.5 Å². The summed E-state index contributed by atoms with van der Waals surface area (Å²) in [5, 5.41) is 22.9. The van der Waals surface area contributed by atoms with E-state index in [0.29, 0.717) is 5.75 Å². The molecule has 3 atom stereocenters. The molecule has 2 aliphatic carbocycles. The van der Waals surface area contributed by atoms with Gasteiger partial charge in [0.1, 0.15) is 5.75 Å². The average Bonchev–Trinajstić information content (AvgIpc) is 3.60. The molecule has 2 bridgehead atoms. The first-order valence-corrected chi connectivity index (χ1v) is 12.0. The van der Waals surface area contributed by atoms with Crippen molar-refractivity contribution in [2.45, 2.75) is 62.1 Å². The number of pyridine rings is 1. The molecule has 31 heavy (non-hydrogen) atoms. The number of hydrogen-bond acceptors (Lipinski definition) is 5. The molecule has 6 rings (SSSR count). The largest absolute Gasteiger partial charge is 0.508 e. The van der Waals surface area contributed by atoms with Gasteiger partial charge >= 0.3 is 0 Å². The summed E-state index contributed by atoms with van der Waals surface area (Å²) in [6, 6.07) is 10.3. The molecule has 1 aromatic carbocycles. The monoisotopic (exact) mass is 419 g/mol. The molecular formula is C26H33N3O2. The van der Waals surface area contributed by atoms with E-state index >= 15 is 0 Å². The number of rotatable bonds is 4. The van der Waals surface area contributed by atoms with E-state index in [1.807, 2.05) is 24.5 Å². The van der Waals surface area contributed by atoms with Crippen LogP contribution in [-0.2, 0) is 18.4 Å². The lowest BCUT2D eigenvalue weighted by Crippen LogP contribution is -2.71. The standard InChI is InChI=1S/C26H33N3O2/c30-22-4-3-21-15-24-26(31)9-13-28(17-20-5-10-27-11-6-20)12-7-25(26,23(21)16-22)8-14-29(24)18-19-1-2-19/h3-6,10-11,16,19,24,30-31H,1-2,7-9,12-15,17-18H2/t24-,25+,26-/m1/s1. The zero-order chi connectivity index (χ0) is 21.1. The van der Waals surface area contributed by atoms with Crippen LogP contribution < -0.4 is 0 Å². The third-order valence-electron chi connectivity index (χ3n) is 8.68. The van der Waals surface area contributed by atoms with E-state index in [2.05, 4.69) is 33.0 Å². The number of hydrogen-bond donors (Lipinski definition) is 2. The van der Waals surface area contributed by atoms with Crippen molar-refractivity contribution in [2.24, 2.45) is 5.92 Å². The van der Waals surface area contributed by atoms with Crippen LogP contribution >= 0.6 is 0 Å². The van der Waals surface area contributed by atoms with Crippen LogP contribution in [0.3, 0.4) is 0 Å². The fourth-order valence-corrected chi connectivity index (χ4v) is 6.82. The van der Waals surface area contributed by atoms with E-state index in [1.54, 1.807) is 0 Å². The Bertz CT molecular complexity index is 962. The number of phenols is 1. The Morgan fingerprint density at radius 3 is 2.58 bits per heavy atom. The Hall–Kier alpha value is -1.95.